The summed E-state index contributed by atoms with van der Waals surface area (Å²) in [6.07, 6.45) is 0.787. The molecule has 126 valence electrons. The smallest absolute Gasteiger partial charge is 0.239 e. The van der Waals surface area contributed by atoms with Gasteiger partial charge in [-0.1, -0.05) is 42.5 Å². The van der Waals surface area contributed by atoms with Crippen LogP contribution in [0.4, 0.5) is 4.39 Å². The van der Waals surface area contributed by atoms with Gasteiger partial charge in [0.2, 0.25) is 5.91 Å². The predicted molar refractivity (Wildman–Crippen MR) is 89.8 cm³/mol. The zero-order chi connectivity index (χ0) is 16.9. The molecule has 2 aromatic carbocycles. The average Bonchev–Trinajstić information content (AvgIpc) is 2.58. The van der Waals surface area contributed by atoms with Gasteiger partial charge in [-0.3, -0.25) is 9.69 Å². The van der Waals surface area contributed by atoms with Crippen molar-refractivity contribution in [2.24, 2.45) is 5.73 Å². The standard InChI is InChI=1S/C19H21FN2O2/c20-16-8-6-15(7-9-16)18(19(21)23)22-10-11-24-17(13-22)12-14-4-2-1-3-5-14/h1-9,17-18H,10-13H2,(H2,21,23)/t17-,18-/m1/s1. The Morgan fingerprint density at radius 3 is 2.58 bits per heavy atom. The number of primary amides is 1. The van der Waals surface area contributed by atoms with Crippen LogP contribution in [0.15, 0.2) is 54.6 Å². The summed E-state index contributed by atoms with van der Waals surface area (Å²) in [7, 11) is 0. The number of carbonyl (C=O) groups is 1. The molecular formula is C19H21FN2O2. The third-order valence-electron chi connectivity index (χ3n) is 4.30. The second-order valence-electron chi connectivity index (χ2n) is 6.03. The second-order valence-corrected chi connectivity index (χ2v) is 6.03. The third-order valence-corrected chi connectivity index (χ3v) is 4.30. The number of hydrogen-bond acceptors (Lipinski definition) is 3. The number of morpholine rings is 1. The number of benzene rings is 2. The fraction of sp³-hybridized carbons (Fsp3) is 0.316. The molecule has 1 amide bonds. The van der Waals surface area contributed by atoms with Crippen molar-refractivity contribution < 1.29 is 13.9 Å². The van der Waals surface area contributed by atoms with E-state index in [1.165, 1.54) is 17.7 Å². The Hall–Kier alpha value is -2.24. The van der Waals surface area contributed by atoms with Gasteiger partial charge in [0.15, 0.2) is 0 Å². The Balaban J connectivity index is 1.73. The molecule has 2 atom stereocenters. The molecule has 0 saturated carbocycles. The number of rotatable bonds is 5. The molecule has 0 unspecified atom stereocenters. The van der Waals surface area contributed by atoms with Crippen molar-refractivity contribution in [1.82, 2.24) is 4.90 Å². The van der Waals surface area contributed by atoms with Crippen LogP contribution >= 0.6 is 0 Å². The van der Waals surface area contributed by atoms with Gasteiger partial charge in [0.1, 0.15) is 11.9 Å². The van der Waals surface area contributed by atoms with Crippen molar-refractivity contribution in [3.05, 3.63) is 71.5 Å². The molecule has 1 aliphatic rings. The van der Waals surface area contributed by atoms with Crippen molar-refractivity contribution >= 4 is 5.91 Å². The van der Waals surface area contributed by atoms with Gasteiger partial charge >= 0.3 is 0 Å². The maximum Gasteiger partial charge on any atom is 0.239 e. The average molecular weight is 328 g/mol. The lowest BCUT2D eigenvalue weighted by Gasteiger charge is -2.37. The zero-order valence-corrected chi connectivity index (χ0v) is 13.4. The summed E-state index contributed by atoms with van der Waals surface area (Å²) >= 11 is 0. The Morgan fingerprint density at radius 2 is 1.92 bits per heavy atom. The van der Waals surface area contributed by atoms with Crippen molar-refractivity contribution in [3.8, 4) is 0 Å². The second kappa shape index (κ2) is 7.55. The summed E-state index contributed by atoms with van der Waals surface area (Å²) in [4.78, 5) is 14.0. The quantitative estimate of drug-likeness (QED) is 0.916. The Morgan fingerprint density at radius 1 is 1.21 bits per heavy atom. The fourth-order valence-electron chi connectivity index (χ4n) is 3.18. The van der Waals surface area contributed by atoms with Gasteiger partial charge in [0.25, 0.3) is 0 Å². The number of nitrogens with zero attached hydrogens (tertiary/aromatic N) is 1. The van der Waals surface area contributed by atoms with Gasteiger partial charge in [0.05, 0.1) is 12.7 Å². The van der Waals surface area contributed by atoms with Gasteiger partial charge in [-0.05, 0) is 29.7 Å². The van der Waals surface area contributed by atoms with Gasteiger partial charge in [-0.25, -0.2) is 4.39 Å². The van der Waals surface area contributed by atoms with E-state index in [0.717, 1.165) is 6.42 Å². The third kappa shape index (κ3) is 3.99. The number of nitrogens with two attached hydrogens (primary N) is 1. The monoisotopic (exact) mass is 328 g/mol. The minimum Gasteiger partial charge on any atom is -0.375 e. The van der Waals surface area contributed by atoms with Crippen LogP contribution in [-0.2, 0) is 16.0 Å². The lowest BCUT2D eigenvalue weighted by molar-refractivity contribution is -0.127. The van der Waals surface area contributed by atoms with Crippen LogP contribution in [0.25, 0.3) is 0 Å². The van der Waals surface area contributed by atoms with E-state index in [1.54, 1.807) is 12.1 Å². The SMILES string of the molecule is NC(=O)[C@@H](c1ccc(F)cc1)N1CCO[C@H](Cc2ccccc2)C1. The normalized spacial score (nSPS) is 19.8. The van der Waals surface area contributed by atoms with Crippen LogP contribution in [0.3, 0.4) is 0 Å². The largest absolute Gasteiger partial charge is 0.375 e. The molecule has 0 aromatic heterocycles. The summed E-state index contributed by atoms with van der Waals surface area (Å²) in [5.74, 6) is -0.757. The molecular weight excluding hydrogens is 307 g/mol. The summed E-state index contributed by atoms with van der Waals surface area (Å²) in [5, 5.41) is 0. The molecule has 24 heavy (non-hydrogen) atoms. The van der Waals surface area contributed by atoms with Crippen LogP contribution in [0, 0.1) is 5.82 Å². The van der Waals surface area contributed by atoms with E-state index in [0.29, 0.717) is 25.3 Å². The van der Waals surface area contributed by atoms with Gasteiger partial charge in [0, 0.05) is 13.1 Å². The van der Waals surface area contributed by atoms with E-state index < -0.39 is 11.9 Å². The lowest BCUT2D eigenvalue weighted by atomic mass is 10.0. The van der Waals surface area contributed by atoms with Crippen LogP contribution < -0.4 is 5.73 Å². The van der Waals surface area contributed by atoms with Crippen LogP contribution in [0.1, 0.15) is 17.2 Å². The van der Waals surface area contributed by atoms with Gasteiger partial charge < -0.3 is 10.5 Å². The molecule has 1 heterocycles. The van der Waals surface area contributed by atoms with Crippen LogP contribution in [0.2, 0.25) is 0 Å². The van der Waals surface area contributed by atoms with E-state index in [2.05, 4.69) is 12.1 Å². The van der Waals surface area contributed by atoms with E-state index in [1.807, 2.05) is 23.1 Å². The highest BCUT2D eigenvalue weighted by atomic mass is 19.1. The molecule has 1 fully saturated rings. The van der Waals surface area contributed by atoms with E-state index in [9.17, 15) is 9.18 Å². The molecule has 0 radical (unpaired) electrons. The maximum atomic E-state index is 13.1. The van der Waals surface area contributed by atoms with Crippen LogP contribution in [0.5, 0.6) is 0 Å². The first-order valence-corrected chi connectivity index (χ1v) is 8.08. The minimum absolute atomic E-state index is 0.00319. The number of carbonyl (C=O) groups excluding carboxylic acids is 1. The first-order chi connectivity index (χ1) is 11.6. The predicted octanol–water partition coefficient (Wildman–Crippen LogP) is 2.30. The van der Waals surface area contributed by atoms with E-state index >= 15 is 0 Å². The van der Waals surface area contributed by atoms with Crippen molar-refractivity contribution in [1.29, 1.82) is 0 Å². The molecule has 2 aromatic rings. The van der Waals surface area contributed by atoms with Crippen molar-refractivity contribution in [2.45, 2.75) is 18.6 Å². The summed E-state index contributed by atoms with van der Waals surface area (Å²) in [6.45, 7) is 1.78. The molecule has 1 saturated heterocycles. The molecule has 4 nitrogen and oxygen atoms in total. The fourth-order valence-corrected chi connectivity index (χ4v) is 3.18. The summed E-state index contributed by atoms with van der Waals surface area (Å²) in [5.41, 5.74) is 7.53. The first-order valence-electron chi connectivity index (χ1n) is 8.08. The Kier molecular flexibility index (Phi) is 5.23. The highest BCUT2D eigenvalue weighted by molar-refractivity contribution is 5.81. The molecule has 0 spiro atoms. The molecule has 2 N–H and O–H groups in total. The molecule has 0 bridgehead atoms. The Labute approximate surface area is 141 Å². The number of halogens is 1. The minimum atomic E-state index is -0.562. The van der Waals surface area contributed by atoms with Gasteiger partial charge in [-0.15, -0.1) is 0 Å². The van der Waals surface area contributed by atoms with Gasteiger partial charge in [-0.2, -0.15) is 0 Å². The Bertz CT molecular complexity index is 676. The van der Waals surface area contributed by atoms with Crippen molar-refractivity contribution in [2.75, 3.05) is 19.7 Å². The number of hydrogen-bond donors (Lipinski definition) is 1. The maximum absolute atomic E-state index is 13.1. The topological polar surface area (TPSA) is 55.6 Å². The molecule has 5 heteroatoms. The lowest BCUT2D eigenvalue weighted by Crippen LogP contribution is -2.48. The molecule has 1 aliphatic heterocycles. The first kappa shape index (κ1) is 16.6. The van der Waals surface area contributed by atoms with E-state index in [-0.39, 0.29) is 11.9 Å². The highest BCUT2D eigenvalue weighted by Crippen LogP contribution is 2.24. The molecule has 3 rings (SSSR count). The van der Waals surface area contributed by atoms with Crippen LogP contribution in [-0.4, -0.2) is 36.6 Å². The molecule has 0 aliphatic carbocycles. The van der Waals surface area contributed by atoms with Crippen molar-refractivity contribution in [3.63, 3.8) is 0 Å². The summed E-state index contributed by atoms with van der Waals surface area (Å²) < 4.78 is 19.0. The zero-order valence-electron chi connectivity index (χ0n) is 13.4. The summed E-state index contributed by atoms with van der Waals surface area (Å²) in [6, 6.07) is 15.5. The highest BCUT2D eigenvalue weighted by Gasteiger charge is 2.31. The van der Waals surface area contributed by atoms with E-state index in [4.69, 9.17) is 10.5 Å². The number of amides is 1. The number of ether oxygens (including phenoxy) is 1.